The first kappa shape index (κ1) is 36.8. The lowest BCUT2D eigenvalue weighted by atomic mass is 10.0. The summed E-state index contributed by atoms with van der Waals surface area (Å²) in [6.45, 7) is 0. The Bertz CT molecular complexity index is 3480. The molecule has 0 radical (unpaired) electrons. The quantitative estimate of drug-likeness (QED) is 0.107. The first-order valence-electron chi connectivity index (χ1n) is 21.8. The zero-order chi connectivity index (χ0) is 41.7. The Morgan fingerprint density at radius 2 is 0.571 bits per heavy atom. The average molecular weight is 819 g/mol. The molecular weight excluding hydrogens is 777 g/mol. The largest absolute Gasteiger partial charge is 0.309 e. The lowest BCUT2D eigenvalue weighted by molar-refractivity contribution is 1.17. The third-order valence-electron chi connectivity index (χ3n) is 13.1. The second-order valence-electron chi connectivity index (χ2n) is 16.5. The molecule has 0 unspecified atom stereocenters. The summed E-state index contributed by atoms with van der Waals surface area (Å²) in [5.74, 6) is 0. The second-order valence-corrected chi connectivity index (χ2v) is 20.3. The average Bonchev–Trinajstić information content (AvgIpc) is 3.88. The number of hydrogen-bond donors (Lipinski definition) is 0. The van der Waals surface area contributed by atoms with Crippen LogP contribution in [0, 0.1) is 0 Å². The molecule has 12 aromatic rings. The maximum absolute atomic E-state index is 2.72. The molecule has 0 aliphatic heterocycles. The van der Waals surface area contributed by atoms with Gasteiger partial charge in [-0.25, -0.2) is 0 Å². The smallest absolute Gasteiger partial charge is 0.179 e. The fourth-order valence-electron chi connectivity index (χ4n) is 10.2. The third-order valence-corrected chi connectivity index (χ3v) is 17.9. The van der Waals surface area contributed by atoms with E-state index in [1.807, 2.05) is 0 Å². The number of benzene rings is 10. The Morgan fingerprint density at radius 1 is 0.222 bits per heavy atom. The molecule has 0 atom stereocenters. The van der Waals surface area contributed by atoms with Gasteiger partial charge < -0.3 is 9.13 Å². The van der Waals surface area contributed by atoms with E-state index in [0.29, 0.717) is 0 Å². The zero-order valence-electron chi connectivity index (χ0n) is 34.6. The van der Waals surface area contributed by atoms with Crippen LogP contribution in [0.3, 0.4) is 0 Å². The Labute approximate surface area is 368 Å². The van der Waals surface area contributed by atoms with Crippen LogP contribution >= 0.6 is 0 Å². The summed E-state index contributed by atoms with van der Waals surface area (Å²) in [6.07, 6.45) is 0. The van der Waals surface area contributed by atoms with Gasteiger partial charge in [-0.2, -0.15) is 0 Å². The highest BCUT2D eigenvalue weighted by Gasteiger charge is 2.41. The van der Waals surface area contributed by atoms with Gasteiger partial charge >= 0.3 is 0 Å². The van der Waals surface area contributed by atoms with E-state index in [0.717, 1.165) is 11.4 Å². The number of rotatable bonds is 8. The number of aromatic nitrogens is 2. The number of nitrogens with zero attached hydrogens (tertiary/aromatic N) is 2. The molecule has 296 valence electrons. The molecule has 12 rings (SSSR count). The van der Waals surface area contributed by atoms with Gasteiger partial charge in [-0.3, -0.25) is 0 Å². The molecule has 63 heavy (non-hydrogen) atoms. The minimum atomic E-state index is -2.72. The van der Waals surface area contributed by atoms with Crippen LogP contribution in [0.15, 0.2) is 255 Å². The van der Waals surface area contributed by atoms with Crippen molar-refractivity contribution in [2.75, 3.05) is 0 Å². The highest BCUT2D eigenvalue weighted by Crippen LogP contribution is 2.37. The predicted octanol–water partition coefficient (Wildman–Crippen LogP) is 12.6. The first-order chi connectivity index (χ1) is 31.3. The maximum atomic E-state index is 2.51. The molecule has 0 fully saturated rings. The Balaban J connectivity index is 0.997. The molecule has 0 saturated heterocycles. The van der Waals surface area contributed by atoms with Crippen LogP contribution < -0.4 is 20.7 Å². The summed E-state index contributed by atoms with van der Waals surface area (Å²) in [5, 5.41) is 10.5. The van der Waals surface area contributed by atoms with Crippen molar-refractivity contribution in [1.82, 2.24) is 9.13 Å². The summed E-state index contributed by atoms with van der Waals surface area (Å²) < 4.78 is 4.88. The minimum absolute atomic E-state index is 1.14. The number of hydrogen-bond acceptors (Lipinski definition) is 0. The number of fused-ring (bicyclic) bond motifs is 6. The van der Waals surface area contributed by atoms with E-state index in [1.165, 1.54) is 86.6 Å². The van der Waals surface area contributed by atoms with Gasteiger partial charge in [0.15, 0.2) is 8.07 Å². The van der Waals surface area contributed by atoms with Crippen molar-refractivity contribution in [3.8, 4) is 33.6 Å². The van der Waals surface area contributed by atoms with Crippen molar-refractivity contribution in [3.05, 3.63) is 255 Å². The van der Waals surface area contributed by atoms with E-state index >= 15 is 0 Å². The predicted molar refractivity (Wildman–Crippen MR) is 270 cm³/mol. The molecule has 10 aromatic carbocycles. The summed E-state index contributed by atoms with van der Waals surface area (Å²) >= 11 is 0. The van der Waals surface area contributed by atoms with Gasteiger partial charge in [0.2, 0.25) is 0 Å². The fraction of sp³-hybridized carbons (Fsp3) is 0. The molecular formula is C60H42N2Si. The number of para-hydroxylation sites is 2. The zero-order valence-corrected chi connectivity index (χ0v) is 35.6. The van der Waals surface area contributed by atoms with E-state index in [2.05, 4.69) is 264 Å². The molecule has 0 spiro atoms. The molecule has 2 aromatic heterocycles. The van der Waals surface area contributed by atoms with E-state index in [-0.39, 0.29) is 0 Å². The first-order valence-corrected chi connectivity index (χ1v) is 23.8. The topological polar surface area (TPSA) is 9.86 Å². The second kappa shape index (κ2) is 15.2. The highest BCUT2D eigenvalue weighted by molar-refractivity contribution is 7.20. The van der Waals surface area contributed by atoms with Crippen molar-refractivity contribution in [2.24, 2.45) is 0 Å². The van der Waals surface area contributed by atoms with Gasteiger partial charge in [0.1, 0.15) is 0 Å². The Hall–Kier alpha value is -7.98. The van der Waals surface area contributed by atoms with Crippen molar-refractivity contribution in [1.29, 1.82) is 0 Å². The lowest BCUT2D eigenvalue weighted by Gasteiger charge is -2.34. The lowest BCUT2D eigenvalue weighted by Crippen LogP contribution is -2.74. The van der Waals surface area contributed by atoms with Crippen LogP contribution in [0.5, 0.6) is 0 Å². The van der Waals surface area contributed by atoms with Crippen molar-refractivity contribution >= 4 is 72.4 Å². The fourth-order valence-corrected chi connectivity index (χ4v) is 15.0. The van der Waals surface area contributed by atoms with E-state index in [1.54, 1.807) is 0 Å². The van der Waals surface area contributed by atoms with Crippen LogP contribution in [0.2, 0.25) is 0 Å². The SMILES string of the molecule is c1ccc(-c2ccc(-c3ccc(-n4c5ccccc5c5cc(-n6c7ccccc7c7cc([Si](c8ccccc8)(c8ccccc8)c8ccccc8)ccc76)ccc54)cc3)cc2)cc1. The summed E-state index contributed by atoms with van der Waals surface area (Å²) in [5.41, 5.74) is 11.9. The van der Waals surface area contributed by atoms with Gasteiger partial charge in [-0.05, 0) is 91.5 Å². The van der Waals surface area contributed by atoms with Crippen molar-refractivity contribution < 1.29 is 0 Å². The molecule has 0 aliphatic carbocycles. The van der Waals surface area contributed by atoms with E-state index in [4.69, 9.17) is 0 Å². The highest BCUT2D eigenvalue weighted by atomic mass is 28.3. The van der Waals surface area contributed by atoms with E-state index in [9.17, 15) is 0 Å². The van der Waals surface area contributed by atoms with Gasteiger partial charge in [-0.15, -0.1) is 0 Å². The molecule has 0 aliphatic rings. The van der Waals surface area contributed by atoms with E-state index < -0.39 is 8.07 Å². The minimum Gasteiger partial charge on any atom is -0.309 e. The maximum Gasteiger partial charge on any atom is 0.179 e. The summed E-state index contributed by atoms with van der Waals surface area (Å²) in [7, 11) is -2.72. The van der Waals surface area contributed by atoms with Gasteiger partial charge in [0.25, 0.3) is 0 Å². The van der Waals surface area contributed by atoms with Crippen LogP contribution in [-0.4, -0.2) is 17.2 Å². The Kier molecular flexibility index (Phi) is 8.87. The van der Waals surface area contributed by atoms with Crippen LogP contribution in [-0.2, 0) is 0 Å². The molecule has 2 nitrogen and oxygen atoms in total. The van der Waals surface area contributed by atoms with Gasteiger partial charge in [0.05, 0.1) is 22.1 Å². The standard InChI is InChI=1S/C60H42N2Si/c1-5-17-43(18-6-1)44-29-31-45(32-30-44)46-33-35-47(36-34-46)61-57-27-15-13-25-53(57)55-41-48(37-39-59(55)61)62-58-28-16-14-26-54(58)56-42-52(38-40-60(56)62)63(49-19-7-2-8-20-49,50-21-9-3-10-22-50)51-23-11-4-12-24-51/h1-42H. The third kappa shape index (κ3) is 6.00. The normalized spacial score (nSPS) is 11.8. The van der Waals surface area contributed by atoms with Gasteiger partial charge in [0, 0.05) is 32.9 Å². The summed E-state index contributed by atoms with van der Waals surface area (Å²) in [6, 6.07) is 94.1. The molecule has 0 saturated carbocycles. The van der Waals surface area contributed by atoms with Crippen molar-refractivity contribution in [3.63, 3.8) is 0 Å². The molecule has 0 bridgehead atoms. The van der Waals surface area contributed by atoms with Gasteiger partial charge in [-0.1, -0.05) is 206 Å². The van der Waals surface area contributed by atoms with Crippen molar-refractivity contribution in [2.45, 2.75) is 0 Å². The monoisotopic (exact) mass is 818 g/mol. The molecule has 2 heterocycles. The molecule has 0 N–H and O–H groups in total. The Morgan fingerprint density at radius 3 is 1.08 bits per heavy atom. The van der Waals surface area contributed by atoms with Crippen LogP contribution in [0.25, 0.3) is 77.2 Å². The molecule has 0 amide bonds. The molecule has 3 heteroatoms. The summed E-state index contributed by atoms with van der Waals surface area (Å²) in [4.78, 5) is 0. The van der Waals surface area contributed by atoms with Crippen LogP contribution in [0.1, 0.15) is 0 Å². The van der Waals surface area contributed by atoms with Crippen LogP contribution in [0.4, 0.5) is 0 Å².